The van der Waals surface area contributed by atoms with Crippen LogP contribution in [0.3, 0.4) is 0 Å². The molecule has 0 aliphatic carbocycles. The maximum absolute atomic E-state index is 12.8. The molecule has 38 heavy (non-hydrogen) atoms. The standard InChI is InChI=1S/C30H32F2N4OS/c31-28(32)30-34-33-29(37-30)26-13-11-25(12-14-26)22-36(27-9-5-2-6-10-27)38-20-19-35-17-15-24(16-18-35)21-23-7-3-1-4-8-23/h1-14,24,28H,15-22H2. The van der Waals surface area contributed by atoms with Gasteiger partial charge in [0.2, 0.25) is 5.89 Å². The fraction of sp³-hybridized carbons (Fsp3) is 0.333. The van der Waals surface area contributed by atoms with E-state index in [4.69, 9.17) is 4.42 Å². The Bertz CT molecular complexity index is 1250. The SMILES string of the molecule is FC(F)c1nnc(-c2ccc(CN(SCCN3CCC(Cc4ccccc4)CC3)c3ccccc3)cc2)o1. The van der Waals surface area contributed by atoms with Crippen LogP contribution in [0.5, 0.6) is 0 Å². The van der Waals surface area contributed by atoms with Crippen LogP contribution in [0.4, 0.5) is 14.5 Å². The third-order valence-corrected chi connectivity index (χ3v) is 7.94. The predicted molar refractivity (Wildman–Crippen MR) is 149 cm³/mol. The summed E-state index contributed by atoms with van der Waals surface area (Å²) in [6, 6.07) is 28.9. The van der Waals surface area contributed by atoms with E-state index in [1.807, 2.05) is 42.3 Å². The maximum atomic E-state index is 12.8. The van der Waals surface area contributed by atoms with Crippen LogP contribution in [-0.2, 0) is 13.0 Å². The predicted octanol–water partition coefficient (Wildman–Crippen LogP) is 7.28. The van der Waals surface area contributed by atoms with Crippen molar-refractivity contribution < 1.29 is 13.2 Å². The van der Waals surface area contributed by atoms with Gasteiger partial charge in [-0.25, -0.2) is 0 Å². The number of benzene rings is 3. The molecule has 1 aliphatic heterocycles. The summed E-state index contributed by atoms with van der Waals surface area (Å²) in [4.78, 5) is 2.59. The zero-order valence-electron chi connectivity index (χ0n) is 21.3. The van der Waals surface area contributed by atoms with E-state index in [1.165, 1.54) is 24.8 Å². The number of aromatic nitrogens is 2. The summed E-state index contributed by atoms with van der Waals surface area (Å²) in [5.74, 6) is 1.23. The van der Waals surface area contributed by atoms with Crippen LogP contribution in [0.25, 0.3) is 11.5 Å². The normalized spacial score (nSPS) is 14.7. The van der Waals surface area contributed by atoms with Crippen LogP contribution in [0, 0.1) is 5.92 Å². The topological polar surface area (TPSA) is 45.4 Å². The minimum Gasteiger partial charge on any atom is -0.415 e. The highest BCUT2D eigenvalue weighted by Crippen LogP contribution is 2.28. The van der Waals surface area contributed by atoms with Gasteiger partial charge in [0.05, 0.1) is 6.54 Å². The van der Waals surface area contributed by atoms with E-state index in [9.17, 15) is 8.78 Å². The summed E-state index contributed by atoms with van der Waals surface area (Å²) in [5, 5.41) is 7.16. The second-order valence-electron chi connectivity index (χ2n) is 9.62. The molecule has 198 valence electrons. The number of para-hydroxylation sites is 1. The van der Waals surface area contributed by atoms with Gasteiger partial charge in [-0.2, -0.15) is 8.78 Å². The van der Waals surface area contributed by atoms with Gasteiger partial charge in [-0.3, -0.25) is 0 Å². The average Bonchev–Trinajstić information content (AvgIpc) is 3.46. The molecule has 1 saturated heterocycles. The van der Waals surface area contributed by atoms with Gasteiger partial charge in [0.15, 0.2) is 0 Å². The number of alkyl halides is 2. The maximum Gasteiger partial charge on any atom is 0.314 e. The first-order valence-corrected chi connectivity index (χ1v) is 14.0. The fourth-order valence-corrected chi connectivity index (χ4v) is 5.88. The molecule has 5 rings (SSSR count). The van der Waals surface area contributed by atoms with Crippen molar-refractivity contribution in [3.05, 3.63) is 102 Å². The summed E-state index contributed by atoms with van der Waals surface area (Å²) in [6.45, 7) is 4.11. The van der Waals surface area contributed by atoms with Crippen molar-refractivity contribution in [3.63, 3.8) is 0 Å². The van der Waals surface area contributed by atoms with Gasteiger partial charge >= 0.3 is 6.43 Å². The van der Waals surface area contributed by atoms with Crippen LogP contribution < -0.4 is 4.31 Å². The minimum atomic E-state index is -2.77. The monoisotopic (exact) mass is 534 g/mol. The van der Waals surface area contributed by atoms with Gasteiger partial charge in [0.1, 0.15) is 0 Å². The number of piperidine rings is 1. The lowest BCUT2D eigenvalue weighted by Crippen LogP contribution is -2.36. The summed E-state index contributed by atoms with van der Waals surface area (Å²) in [6.07, 6.45) is 0.928. The summed E-state index contributed by atoms with van der Waals surface area (Å²) >= 11 is 1.84. The highest BCUT2D eigenvalue weighted by atomic mass is 32.2. The summed E-state index contributed by atoms with van der Waals surface area (Å²) in [5.41, 5.74) is 4.34. The first-order valence-electron chi connectivity index (χ1n) is 13.1. The molecule has 2 heterocycles. The molecule has 0 saturated carbocycles. The van der Waals surface area contributed by atoms with Crippen LogP contribution >= 0.6 is 11.9 Å². The van der Waals surface area contributed by atoms with Crippen LogP contribution in [-0.4, -0.2) is 40.5 Å². The summed E-state index contributed by atoms with van der Waals surface area (Å²) in [7, 11) is 0. The Balaban J connectivity index is 1.14. The van der Waals surface area contributed by atoms with E-state index in [1.54, 1.807) is 0 Å². The number of halogens is 2. The molecule has 0 radical (unpaired) electrons. The lowest BCUT2D eigenvalue weighted by atomic mass is 9.90. The van der Waals surface area contributed by atoms with E-state index < -0.39 is 12.3 Å². The molecule has 0 spiro atoms. The third kappa shape index (κ3) is 7.20. The zero-order valence-corrected chi connectivity index (χ0v) is 22.1. The number of anilines is 1. The van der Waals surface area contributed by atoms with Crippen molar-refractivity contribution in [2.75, 3.05) is 29.7 Å². The molecule has 0 bridgehead atoms. The van der Waals surface area contributed by atoms with Crippen LogP contribution in [0.2, 0.25) is 0 Å². The summed E-state index contributed by atoms with van der Waals surface area (Å²) < 4.78 is 32.9. The Morgan fingerprint density at radius 3 is 2.21 bits per heavy atom. The van der Waals surface area contributed by atoms with Crippen molar-refractivity contribution in [2.45, 2.75) is 32.2 Å². The van der Waals surface area contributed by atoms with E-state index in [2.05, 4.69) is 74.0 Å². The molecule has 0 atom stereocenters. The molecular weight excluding hydrogens is 502 g/mol. The second kappa shape index (κ2) is 13.0. The van der Waals surface area contributed by atoms with Gasteiger partial charge in [-0.1, -0.05) is 60.7 Å². The van der Waals surface area contributed by atoms with E-state index in [-0.39, 0.29) is 5.89 Å². The van der Waals surface area contributed by atoms with Gasteiger partial charge in [0, 0.05) is 23.5 Å². The molecule has 4 aromatic rings. The smallest absolute Gasteiger partial charge is 0.314 e. The van der Waals surface area contributed by atoms with Gasteiger partial charge < -0.3 is 13.6 Å². The quantitative estimate of drug-likeness (QED) is 0.188. The van der Waals surface area contributed by atoms with Crippen molar-refractivity contribution >= 4 is 17.6 Å². The molecule has 1 fully saturated rings. The van der Waals surface area contributed by atoms with Crippen molar-refractivity contribution in [2.24, 2.45) is 5.92 Å². The number of rotatable bonds is 11. The van der Waals surface area contributed by atoms with E-state index >= 15 is 0 Å². The molecular formula is C30H32F2N4OS. The minimum absolute atomic E-state index is 0.105. The Kier molecular flexibility index (Phi) is 9.04. The zero-order chi connectivity index (χ0) is 26.2. The van der Waals surface area contributed by atoms with Crippen LogP contribution in [0.15, 0.2) is 89.3 Å². The molecule has 0 N–H and O–H groups in total. The first-order chi connectivity index (χ1) is 18.6. The molecule has 1 aliphatic rings. The highest BCUT2D eigenvalue weighted by Gasteiger charge is 2.20. The second-order valence-corrected chi connectivity index (χ2v) is 10.7. The first kappa shape index (κ1) is 26.4. The lowest BCUT2D eigenvalue weighted by Gasteiger charge is -2.32. The average molecular weight is 535 g/mol. The number of hydrogen-bond donors (Lipinski definition) is 0. The Hall–Kier alpha value is -3.23. The van der Waals surface area contributed by atoms with Gasteiger partial charge in [-0.05, 0) is 85.6 Å². The molecule has 1 aromatic heterocycles. The van der Waals surface area contributed by atoms with Gasteiger partial charge in [-0.15, -0.1) is 10.2 Å². The largest absolute Gasteiger partial charge is 0.415 e. The number of likely N-dealkylation sites (tertiary alicyclic amines) is 1. The highest BCUT2D eigenvalue weighted by molar-refractivity contribution is 8.00. The third-order valence-electron chi connectivity index (χ3n) is 6.93. The van der Waals surface area contributed by atoms with Crippen LogP contribution in [0.1, 0.15) is 36.3 Å². The Morgan fingerprint density at radius 1 is 0.868 bits per heavy atom. The van der Waals surface area contributed by atoms with E-state index in [0.717, 1.165) is 49.1 Å². The molecule has 0 unspecified atom stereocenters. The number of hydrogen-bond acceptors (Lipinski definition) is 6. The molecule has 5 nitrogen and oxygen atoms in total. The number of nitrogens with zero attached hydrogens (tertiary/aromatic N) is 4. The fourth-order valence-electron chi connectivity index (χ4n) is 4.81. The van der Waals surface area contributed by atoms with Crippen molar-refractivity contribution in [1.29, 1.82) is 0 Å². The Morgan fingerprint density at radius 2 is 1.55 bits per heavy atom. The van der Waals surface area contributed by atoms with Crippen molar-refractivity contribution in [1.82, 2.24) is 15.1 Å². The molecule has 3 aromatic carbocycles. The molecule has 0 amide bonds. The molecule has 8 heteroatoms. The van der Waals surface area contributed by atoms with E-state index in [0.29, 0.717) is 5.56 Å². The lowest BCUT2D eigenvalue weighted by molar-refractivity contribution is 0.116. The van der Waals surface area contributed by atoms with Gasteiger partial charge in [0.25, 0.3) is 5.89 Å². The van der Waals surface area contributed by atoms with Crippen molar-refractivity contribution in [3.8, 4) is 11.5 Å². The Labute approximate surface area is 227 Å².